The Bertz CT molecular complexity index is 400. The summed E-state index contributed by atoms with van der Waals surface area (Å²) >= 11 is 1.80. The zero-order valence-corrected chi connectivity index (χ0v) is 14.5. The summed E-state index contributed by atoms with van der Waals surface area (Å²) in [6.07, 6.45) is 5.01. The second-order valence-electron chi connectivity index (χ2n) is 6.78. The molecule has 2 heterocycles. The quantitative estimate of drug-likeness (QED) is 0.781. The number of amides is 2. The van der Waals surface area contributed by atoms with Crippen LogP contribution in [-0.2, 0) is 9.59 Å². The number of hydrogen-bond donors (Lipinski definition) is 0. The van der Waals surface area contributed by atoms with Crippen molar-refractivity contribution >= 4 is 23.6 Å². The Balaban J connectivity index is 2.22. The van der Waals surface area contributed by atoms with E-state index in [1.807, 2.05) is 23.6 Å². The minimum absolute atomic E-state index is 0.172. The number of thioether (sulfide) groups is 1. The first-order chi connectivity index (χ1) is 9.97. The maximum atomic E-state index is 12.9. The Morgan fingerprint density at radius 3 is 2.52 bits per heavy atom. The summed E-state index contributed by atoms with van der Waals surface area (Å²) in [5, 5.41) is 0. The van der Waals surface area contributed by atoms with E-state index in [-0.39, 0.29) is 29.8 Å². The van der Waals surface area contributed by atoms with Crippen molar-refractivity contribution in [2.45, 2.75) is 52.1 Å². The van der Waals surface area contributed by atoms with E-state index in [2.05, 4.69) is 13.2 Å². The van der Waals surface area contributed by atoms with Crippen LogP contribution >= 0.6 is 11.8 Å². The number of fused-ring (bicyclic) bond motifs is 1. The van der Waals surface area contributed by atoms with Gasteiger partial charge in [0.2, 0.25) is 11.8 Å². The SMILES string of the molecule is CSCC(C)CN1C(=O)C2CCCCN2C(=O)C1C(C)C. The minimum Gasteiger partial charge on any atom is -0.329 e. The molecule has 3 unspecified atom stereocenters. The van der Waals surface area contributed by atoms with Crippen molar-refractivity contribution in [3.63, 3.8) is 0 Å². The van der Waals surface area contributed by atoms with Gasteiger partial charge in [0.15, 0.2) is 0 Å². The third-order valence-electron chi connectivity index (χ3n) is 4.53. The van der Waals surface area contributed by atoms with E-state index in [0.717, 1.165) is 31.6 Å². The lowest BCUT2D eigenvalue weighted by molar-refractivity contribution is -0.166. The predicted molar refractivity (Wildman–Crippen MR) is 87.2 cm³/mol. The predicted octanol–water partition coefficient (Wildman–Crippen LogP) is 2.23. The van der Waals surface area contributed by atoms with Gasteiger partial charge in [-0.1, -0.05) is 20.8 Å². The molecule has 120 valence electrons. The molecule has 0 saturated carbocycles. The summed E-state index contributed by atoms with van der Waals surface area (Å²) in [6.45, 7) is 7.73. The van der Waals surface area contributed by atoms with Gasteiger partial charge < -0.3 is 9.80 Å². The number of carbonyl (C=O) groups is 2. The van der Waals surface area contributed by atoms with Crippen LogP contribution in [0.15, 0.2) is 0 Å². The second kappa shape index (κ2) is 7.03. The first-order valence-electron chi connectivity index (χ1n) is 8.07. The number of hydrogen-bond acceptors (Lipinski definition) is 3. The number of rotatable bonds is 5. The van der Waals surface area contributed by atoms with Gasteiger partial charge in [0.05, 0.1) is 0 Å². The van der Waals surface area contributed by atoms with Gasteiger partial charge in [-0.05, 0) is 43.1 Å². The van der Waals surface area contributed by atoms with E-state index < -0.39 is 0 Å². The van der Waals surface area contributed by atoms with Crippen LogP contribution in [0.3, 0.4) is 0 Å². The molecule has 0 spiro atoms. The fourth-order valence-corrected chi connectivity index (χ4v) is 4.28. The van der Waals surface area contributed by atoms with E-state index in [9.17, 15) is 9.59 Å². The lowest BCUT2D eigenvalue weighted by Crippen LogP contribution is -2.67. The number of piperidine rings is 1. The van der Waals surface area contributed by atoms with Gasteiger partial charge in [-0.15, -0.1) is 0 Å². The molecule has 0 aliphatic carbocycles. The largest absolute Gasteiger partial charge is 0.329 e. The smallest absolute Gasteiger partial charge is 0.246 e. The Kier molecular flexibility index (Phi) is 5.58. The Morgan fingerprint density at radius 2 is 1.90 bits per heavy atom. The summed E-state index contributed by atoms with van der Waals surface area (Å²) in [5.74, 6) is 1.97. The maximum Gasteiger partial charge on any atom is 0.246 e. The summed E-state index contributed by atoms with van der Waals surface area (Å²) < 4.78 is 0. The van der Waals surface area contributed by atoms with Crippen LogP contribution < -0.4 is 0 Å². The van der Waals surface area contributed by atoms with Crippen molar-refractivity contribution in [2.24, 2.45) is 11.8 Å². The van der Waals surface area contributed by atoms with E-state index in [0.29, 0.717) is 12.5 Å². The zero-order valence-electron chi connectivity index (χ0n) is 13.7. The highest BCUT2D eigenvalue weighted by molar-refractivity contribution is 7.98. The van der Waals surface area contributed by atoms with Gasteiger partial charge in [-0.2, -0.15) is 11.8 Å². The number of carbonyl (C=O) groups excluding carboxylic acids is 2. The molecule has 2 amide bonds. The maximum absolute atomic E-state index is 12.9. The Hall–Kier alpha value is -0.710. The van der Waals surface area contributed by atoms with Gasteiger partial charge in [0.25, 0.3) is 0 Å². The summed E-state index contributed by atoms with van der Waals surface area (Å²) in [5.41, 5.74) is 0. The van der Waals surface area contributed by atoms with E-state index >= 15 is 0 Å². The van der Waals surface area contributed by atoms with Crippen molar-refractivity contribution in [3.8, 4) is 0 Å². The van der Waals surface area contributed by atoms with Gasteiger partial charge in [0, 0.05) is 13.1 Å². The molecule has 0 aromatic heterocycles. The van der Waals surface area contributed by atoms with Gasteiger partial charge in [-0.25, -0.2) is 0 Å². The van der Waals surface area contributed by atoms with Crippen LogP contribution in [-0.4, -0.2) is 58.8 Å². The first-order valence-corrected chi connectivity index (χ1v) is 9.46. The van der Waals surface area contributed by atoms with Crippen molar-refractivity contribution in [1.82, 2.24) is 9.80 Å². The second-order valence-corrected chi connectivity index (χ2v) is 7.69. The summed E-state index contributed by atoms with van der Waals surface area (Å²) in [6, 6.07) is -0.459. The molecule has 2 rings (SSSR count). The molecule has 2 aliphatic heterocycles. The van der Waals surface area contributed by atoms with Gasteiger partial charge in [0.1, 0.15) is 12.1 Å². The minimum atomic E-state index is -0.267. The number of nitrogens with zero attached hydrogens (tertiary/aromatic N) is 2. The molecule has 2 fully saturated rings. The fraction of sp³-hybridized carbons (Fsp3) is 0.875. The molecule has 0 radical (unpaired) electrons. The molecule has 3 atom stereocenters. The highest BCUT2D eigenvalue weighted by atomic mass is 32.2. The lowest BCUT2D eigenvalue weighted by atomic mass is 9.90. The standard InChI is InChI=1S/C16H28N2O2S/c1-11(2)14-16(20)17-8-6-5-7-13(17)15(19)18(14)9-12(3)10-21-4/h11-14H,5-10H2,1-4H3. The van der Waals surface area contributed by atoms with Crippen molar-refractivity contribution in [3.05, 3.63) is 0 Å². The topological polar surface area (TPSA) is 40.6 Å². The van der Waals surface area contributed by atoms with Crippen LogP contribution in [0, 0.1) is 11.8 Å². The highest BCUT2D eigenvalue weighted by Gasteiger charge is 2.47. The average molecular weight is 312 g/mol. The Labute approximate surface area is 132 Å². The highest BCUT2D eigenvalue weighted by Crippen LogP contribution is 2.30. The molecule has 4 nitrogen and oxygen atoms in total. The number of piperazine rings is 1. The summed E-state index contributed by atoms with van der Waals surface area (Å²) in [7, 11) is 0. The third-order valence-corrected chi connectivity index (χ3v) is 5.44. The van der Waals surface area contributed by atoms with Crippen LogP contribution in [0.2, 0.25) is 0 Å². The van der Waals surface area contributed by atoms with Crippen molar-refractivity contribution in [1.29, 1.82) is 0 Å². The molecule has 0 bridgehead atoms. The molecule has 0 aromatic carbocycles. The normalized spacial score (nSPS) is 28.0. The van der Waals surface area contributed by atoms with Gasteiger partial charge >= 0.3 is 0 Å². The lowest BCUT2D eigenvalue weighted by Gasteiger charge is -2.48. The third kappa shape index (κ3) is 3.38. The van der Waals surface area contributed by atoms with Crippen LogP contribution in [0.4, 0.5) is 0 Å². The van der Waals surface area contributed by atoms with Crippen LogP contribution in [0.25, 0.3) is 0 Å². The van der Waals surface area contributed by atoms with Gasteiger partial charge in [-0.3, -0.25) is 9.59 Å². The molecule has 2 aliphatic rings. The molecule has 21 heavy (non-hydrogen) atoms. The van der Waals surface area contributed by atoms with E-state index in [1.165, 1.54) is 0 Å². The van der Waals surface area contributed by atoms with E-state index in [4.69, 9.17) is 0 Å². The molecule has 0 aromatic rings. The zero-order chi connectivity index (χ0) is 15.6. The molecular formula is C16H28N2O2S. The average Bonchev–Trinajstić information content (AvgIpc) is 2.44. The van der Waals surface area contributed by atoms with Crippen molar-refractivity contribution in [2.75, 3.05) is 25.1 Å². The van der Waals surface area contributed by atoms with Crippen molar-refractivity contribution < 1.29 is 9.59 Å². The fourth-order valence-electron chi connectivity index (χ4n) is 3.61. The van der Waals surface area contributed by atoms with E-state index in [1.54, 1.807) is 11.8 Å². The summed E-state index contributed by atoms with van der Waals surface area (Å²) in [4.78, 5) is 29.5. The molecule has 5 heteroatoms. The molecular weight excluding hydrogens is 284 g/mol. The Morgan fingerprint density at radius 1 is 1.19 bits per heavy atom. The molecule has 0 N–H and O–H groups in total. The first kappa shape index (κ1) is 16.7. The monoisotopic (exact) mass is 312 g/mol. The molecule has 2 saturated heterocycles. The van der Waals surface area contributed by atoms with Crippen LogP contribution in [0.5, 0.6) is 0 Å². The van der Waals surface area contributed by atoms with Crippen LogP contribution in [0.1, 0.15) is 40.0 Å².